The zero-order chi connectivity index (χ0) is 14.7. The summed E-state index contributed by atoms with van der Waals surface area (Å²) in [5.41, 5.74) is 1.40. The molecule has 1 saturated heterocycles. The first-order chi connectivity index (χ1) is 10.2. The number of aryl methyl sites for hydroxylation is 1. The molecule has 1 N–H and O–H groups in total. The van der Waals surface area contributed by atoms with E-state index >= 15 is 0 Å². The van der Waals surface area contributed by atoms with Crippen LogP contribution in [0.25, 0.3) is 0 Å². The van der Waals surface area contributed by atoms with E-state index in [1.165, 1.54) is 16.9 Å². The van der Waals surface area contributed by atoms with Crippen molar-refractivity contribution in [1.29, 1.82) is 0 Å². The predicted molar refractivity (Wildman–Crippen MR) is 88.5 cm³/mol. The fraction of sp³-hybridized carbons (Fsp3) is 0.471. The van der Waals surface area contributed by atoms with Crippen molar-refractivity contribution in [1.82, 2.24) is 15.2 Å². The Labute approximate surface area is 131 Å². The fourth-order valence-electron chi connectivity index (χ4n) is 3.08. The van der Waals surface area contributed by atoms with Gasteiger partial charge in [-0.1, -0.05) is 30.3 Å². The molecule has 21 heavy (non-hydrogen) atoms. The number of rotatable bonds is 3. The van der Waals surface area contributed by atoms with Crippen molar-refractivity contribution in [2.45, 2.75) is 32.4 Å². The minimum absolute atomic E-state index is 0.0253. The highest BCUT2D eigenvalue weighted by Crippen LogP contribution is 2.25. The summed E-state index contributed by atoms with van der Waals surface area (Å²) in [5, 5.41) is 4.90. The van der Waals surface area contributed by atoms with Crippen molar-refractivity contribution < 1.29 is 0 Å². The Morgan fingerprint density at radius 2 is 2.14 bits per heavy atom. The summed E-state index contributed by atoms with van der Waals surface area (Å²) in [7, 11) is 0. The van der Waals surface area contributed by atoms with Crippen LogP contribution < -0.4 is 5.32 Å². The van der Waals surface area contributed by atoms with Crippen LogP contribution in [0, 0.1) is 6.92 Å². The number of nitrogens with zero attached hydrogens (tertiary/aromatic N) is 2. The van der Waals surface area contributed by atoms with Gasteiger partial charge >= 0.3 is 0 Å². The van der Waals surface area contributed by atoms with Crippen molar-refractivity contribution in [3.8, 4) is 0 Å². The molecule has 0 saturated carbocycles. The van der Waals surface area contributed by atoms with Crippen molar-refractivity contribution in [3.63, 3.8) is 0 Å². The second kappa shape index (κ2) is 6.26. The lowest BCUT2D eigenvalue weighted by Gasteiger charge is -2.34. The monoisotopic (exact) mass is 301 g/mol. The number of benzene rings is 1. The average molecular weight is 301 g/mol. The molecule has 2 heterocycles. The molecule has 0 aliphatic carbocycles. The summed E-state index contributed by atoms with van der Waals surface area (Å²) >= 11 is 1.81. The maximum Gasteiger partial charge on any atom is 0.0897 e. The largest absolute Gasteiger partial charge is 0.307 e. The normalized spacial score (nSPS) is 23.9. The second-order valence-electron chi connectivity index (χ2n) is 6.03. The topological polar surface area (TPSA) is 28.2 Å². The van der Waals surface area contributed by atoms with Crippen molar-refractivity contribution in [2.75, 3.05) is 19.6 Å². The zero-order valence-corrected chi connectivity index (χ0v) is 13.6. The molecule has 0 bridgehead atoms. The highest BCUT2D eigenvalue weighted by Gasteiger charge is 2.30. The molecule has 0 spiro atoms. The van der Waals surface area contributed by atoms with Gasteiger partial charge in [0.05, 0.1) is 10.5 Å². The van der Waals surface area contributed by atoms with Crippen LogP contribution in [0.2, 0.25) is 0 Å². The number of thiazole rings is 1. The van der Waals surface area contributed by atoms with E-state index in [0.29, 0.717) is 0 Å². The predicted octanol–water partition coefficient (Wildman–Crippen LogP) is 3.16. The first-order valence-electron chi connectivity index (χ1n) is 7.60. The van der Waals surface area contributed by atoms with E-state index in [1.54, 1.807) is 0 Å². The molecule has 0 radical (unpaired) electrons. The number of hydrogen-bond acceptors (Lipinski definition) is 4. The fourth-order valence-corrected chi connectivity index (χ4v) is 3.92. The molecule has 1 aliphatic heterocycles. The molecule has 4 heteroatoms. The highest BCUT2D eigenvalue weighted by atomic mass is 32.1. The van der Waals surface area contributed by atoms with E-state index < -0.39 is 0 Å². The maximum atomic E-state index is 4.38. The van der Waals surface area contributed by atoms with Crippen LogP contribution in [0.4, 0.5) is 0 Å². The van der Waals surface area contributed by atoms with E-state index in [0.717, 1.165) is 31.2 Å². The van der Waals surface area contributed by atoms with Crippen LogP contribution in [0.5, 0.6) is 0 Å². The van der Waals surface area contributed by atoms with E-state index in [2.05, 4.69) is 59.4 Å². The van der Waals surface area contributed by atoms with Crippen molar-refractivity contribution in [2.24, 2.45) is 0 Å². The molecule has 0 amide bonds. The van der Waals surface area contributed by atoms with Crippen LogP contribution in [0.15, 0.2) is 36.5 Å². The van der Waals surface area contributed by atoms with Gasteiger partial charge in [0.15, 0.2) is 0 Å². The van der Waals surface area contributed by atoms with Crippen LogP contribution in [0.3, 0.4) is 0 Å². The lowest BCUT2D eigenvalue weighted by atomic mass is 9.91. The van der Waals surface area contributed by atoms with Gasteiger partial charge in [0.1, 0.15) is 0 Å². The Kier molecular flexibility index (Phi) is 4.38. The molecule has 1 aliphatic rings. The molecular formula is C17H23N3S. The van der Waals surface area contributed by atoms with Crippen molar-refractivity contribution in [3.05, 3.63) is 52.0 Å². The third-order valence-corrected chi connectivity index (χ3v) is 5.06. The third kappa shape index (κ3) is 3.51. The summed E-state index contributed by atoms with van der Waals surface area (Å²) < 4.78 is 0. The molecule has 3 rings (SSSR count). The minimum Gasteiger partial charge on any atom is -0.307 e. The minimum atomic E-state index is 0.0253. The first-order valence-corrected chi connectivity index (χ1v) is 8.42. The van der Waals surface area contributed by atoms with Gasteiger partial charge in [-0.3, -0.25) is 4.90 Å². The Balaban J connectivity index is 1.77. The average Bonchev–Trinajstić information content (AvgIpc) is 2.79. The van der Waals surface area contributed by atoms with Gasteiger partial charge in [-0.2, -0.15) is 0 Å². The molecule has 112 valence electrons. The van der Waals surface area contributed by atoms with E-state index in [-0.39, 0.29) is 5.54 Å². The summed E-state index contributed by atoms with van der Waals surface area (Å²) in [6.07, 6.45) is 3.22. The van der Waals surface area contributed by atoms with Gasteiger partial charge in [-0.15, -0.1) is 11.3 Å². The second-order valence-corrected chi connectivity index (χ2v) is 7.35. The quantitative estimate of drug-likeness (QED) is 0.944. The smallest absolute Gasteiger partial charge is 0.0897 e. The van der Waals surface area contributed by atoms with E-state index in [1.807, 2.05) is 17.5 Å². The Morgan fingerprint density at radius 3 is 2.86 bits per heavy atom. The van der Waals surface area contributed by atoms with Gasteiger partial charge < -0.3 is 5.32 Å². The van der Waals surface area contributed by atoms with Crippen LogP contribution in [-0.4, -0.2) is 29.5 Å². The van der Waals surface area contributed by atoms with Gasteiger partial charge in [-0.25, -0.2) is 4.98 Å². The summed E-state index contributed by atoms with van der Waals surface area (Å²) in [6, 6.07) is 10.8. The highest BCUT2D eigenvalue weighted by molar-refractivity contribution is 7.11. The summed E-state index contributed by atoms with van der Waals surface area (Å²) in [4.78, 5) is 8.30. The summed E-state index contributed by atoms with van der Waals surface area (Å²) in [5.74, 6) is 0. The van der Waals surface area contributed by atoms with Crippen LogP contribution in [-0.2, 0) is 12.1 Å². The Bertz CT molecular complexity index is 581. The van der Waals surface area contributed by atoms with Gasteiger partial charge in [0.25, 0.3) is 0 Å². The SMILES string of the molecule is Cc1ncc(CN2CCCNC(C)(c3ccccc3)C2)s1. The molecule has 1 atom stereocenters. The lowest BCUT2D eigenvalue weighted by molar-refractivity contribution is 0.215. The molecule has 2 aromatic rings. The maximum absolute atomic E-state index is 4.38. The third-order valence-electron chi connectivity index (χ3n) is 4.17. The van der Waals surface area contributed by atoms with Crippen molar-refractivity contribution >= 4 is 11.3 Å². The number of hydrogen-bond donors (Lipinski definition) is 1. The van der Waals surface area contributed by atoms with E-state index in [9.17, 15) is 0 Å². The zero-order valence-electron chi connectivity index (χ0n) is 12.8. The standard InChI is InChI=1S/C17H23N3S/c1-14-18-11-16(21-14)12-20-10-6-9-19-17(2,13-20)15-7-4-3-5-8-15/h3-5,7-8,11,19H,6,9-10,12-13H2,1-2H3. The lowest BCUT2D eigenvalue weighted by Crippen LogP contribution is -2.46. The molecule has 1 aromatic heterocycles. The molecule has 3 nitrogen and oxygen atoms in total. The molecule has 1 aromatic carbocycles. The summed E-state index contributed by atoms with van der Waals surface area (Å²) in [6.45, 7) is 8.66. The van der Waals surface area contributed by atoms with E-state index in [4.69, 9.17) is 0 Å². The van der Waals surface area contributed by atoms with Gasteiger partial charge in [0, 0.05) is 24.2 Å². The molecule has 1 unspecified atom stereocenters. The van der Waals surface area contributed by atoms with Crippen LogP contribution in [0.1, 0.15) is 28.8 Å². The van der Waals surface area contributed by atoms with Crippen LogP contribution >= 0.6 is 11.3 Å². The number of nitrogens with one attached hydrogen (secondary N) is 1. The first kappa shape index (κ1) is 14.7. The molecule has 1 fully saturated rings. The van der Waals surface area contributed by atoms with Gasteiger partial charge in [0.2, 0.25) is 0 Å². The Hall–Kier alpha value is -1.23. The number of aromatic nitrogens is 1. The Morgan fingerprint density at radius 1 is 1.33 bits per heavy atom. The molecular weight excluding hydrogens is 278 g/mol. The van der Waals surface area contributed by atoms with Gasteiger partial charge in [-0.05, 0) is 38.9 Å².